The van der Waals surface area contributed by atoms with Crippen LogP contribution in [0.3, 0.4) is 0 Å². The van der Waals surface area contributed by atoms with Crippen LogP contribution in [-0.4, -0.2) is 64.7 Å². The van der Waals surface area contributed by atoms with Crippen LogP contribution in [0, 0.1) is 0 Å². The number of amides is 1. The maximum atomic E-state index is 12.3. The molecular weight excluding hydrogens is 434 g/mol. The Morgan fingerprint density at radius 3 is 2.71 bits per heavy atom. The Kier molecular flexibility index (Phi) is 7.27. The average molecular weight is 466 g/mol. The van der Waals surface area contributed by atoms with E-state index in [0.29, 0.717) is 11.6 Å². The third-order valence-corrected chi connectivity index (χ3v) is 5.18. The van der Waals surface area contributed by atoms with Crippen LogP contribution in [0.1, 0.15) is 32.6 Å². The predicted molar refractivity (Wildman–Crippen MR) is 130 cm³/mol. The molecular formula is C24H31N7O3. The average Bonchev–Trinajstić information content (AvgIpc) is 3.32. The van der Waals surface area contributed by atoms with Crippen LogP contribution in [0.5, 0.6) is 0 Å². The van der Waals surface area contributed by atoms with Crippen molar-refractivity contribution in [1.82, 2.24) is 25.5 Å². The molecule has 1 unspecified atom stereocenters. The number of nitrogens with zero attached hydrogens (tertiary/aromatic N) is 4. The second-order valence-corrected chi connectivity index (χ2v) is 9.01. The number of hydrogen-bond acceptors (Lipinski definition) is 8. The molecule has 10 nitrogen and oxygen atoms in total. The number of aromatic nitrogens is 4. The minimum Gasteiger partial charge on any atom is -0.444 e. The molecule has 0 aliphatic carbocycles. The quantitative estimate of drug-likeness (QED) is 0.486. The molecule has 0 spiro atoms. The van der Waals surface area contributed by atoms with E-state index >= 15 is 0 Å². The molecule has 34 heavy (non-hydrogen) atoms. The smallest absolute Gasteiger partial charge is 0.407 e. The highest BCUT2D eigenvalue weighted by molar-refractivity contribution is 5.68. The van der Waals surface area contributed by atoms with E-state index in [0.717, 1.165) is 43.2 Å². The molecule has 3 N–H and O–H groups in total. The third-order valence-electron chi connectivity index (χ3n) is 5.18. The first-order chi connectivity index (χ1) is 16.4. The zero-order valence-electron chi connectivity index (χ0n) is 19.7. The van der Waals surface area contributed by atoms with E-state index in [4.69, 9.17) is 9.47 Å². The summed E-state index contributed by atoms with van der Waals surface area (Å²) in [7, 11) is 0. The van der Waals surface area contributed by atoms with Gasteiger partial charge in [0.05, 0.1) is 13.2 Å². The number of hydrogen-bond donors (Lipinski definition) is 3. The highest BCUT2D eigenvalue weighted by Crippen LogP contribution is 2.24. The molecule has 10 heteroatoms. The molecule has 2 aromatic heterocycles. The summed E-state index contributed by atoms with van der Waals surface area (Å²) >= 11 is 0. The molecule has 0 saturated carbocycles. The van der Waals surface area contributed by atoms with Gasteiger partial charge in [0, 0.05) is 49.0 Å². The van der Waals surface area contributed by atoms with Gasteiger partial charge in [-0.3, -0.25) is 10.1 Å². The summed E-state index contributed by atoms with van der Waals surface area (Å²) in [5.74, 6) is 1.16. The first-order valence-corrected chi connectivity index (χ1v) is 11.4. The molecule has 0 bridgehead atoms. The Bertz CT molecular complexity index is 1080. The standard InChI is InChI=1S/C24H31N7O3/c1-24(2,3)34-23(32)26-16-20(22-28-21(29-30-22)17-7-9-25-10-8-17)27-18-5-4-6-19(15-18)31-11-13-33-14-12-31/h4-10,15,20,27H,11-14,16H2,1-3H3,(H,26,32)(H,28,29,30). The Morgan fingerprint density at radius 1 is 1.21 bits per heavy atom. The van der Waals surface area contributed by atoms with E-state index in [2.05, 4.69) is 47.8 Å². The first kappa shape index (κ1) is 23.5. The monoisotopic (exact) mass is 465 g/mol. The normalized spacial score (nSPS) is 15.0. The summed E-state index contributed by atoms with van der Waals surface area (Å²) in [5.41, 5.74) is 2.29. The summed E-state index contributed by atoms with van der Waals surface area (Å²) in [6.07, 6.45) is 2.90. The van der Waals surface area contributed by atoms with Crippen LogP contribution in [0.25, 0.3) is 11.4 Å². The van der Waals surface area contributed by atoms with Gasteiger partial charge < -0.3 is 25.0 Å². The Hall–Kier alpha value is -3.66. The van der Waals surface area contributed by atoms with Gasteiger partial charge in [0.1, 0.15) is 17.5 Å². The largest absolute Gasteiger partial charge is 0.444 e. The van der Waals surface area contributed by atoms with Gasteiger partial charge in [-0.2, -0.15) is 5.10 Å². The summed E-state index contributed by atoms with van der Waals surface area (Å²) in [6, 6.07) is 11.5. The van der Waals surface area contributed by atoms with Crippen molar-refractivity contribution >= 4 is 17.5 Å². The van der Waals surface area contributed by atoms with Crippen LogP contribution in [-0.2, 0) is 9.47 Å². The van der Waals surface area contributed by atoms with Gasteiger partial charge >= 0.3 is 6.09 Å². The number of morpholine rings is 1. The fourth-order valence-corrected chi connectivity index (χ4v) is 3.59. The maximum Gasteiger partial charge on any atom is 0.407 e. The lowest BCUT2D eigenvalue weighted by molar-refractivity contribution is 0.0525. The minimum atomic E-state index is -0.583. The molecule has 1 aliphatic heterocycles. The number of alkyl carbamates (subject to hydrolysis) is 1. The van der Waals surface area contributed by atoms with Crippen molar-refractivity contribution in [2.45, 2.75) is 32.4 Å². The lowest BCUT2D eigenvalue weighted by Crippen LogP contribution is -2.37. The molecule has 0 radical (unpaired) electrons. The zero-order valence-corrected chi connectivity index (χ0v) is 19.7. The fraction of sp³-hybridized carbons (Fsp3) is 0.417. The minimum absolute atomic E-state index is 0.252. The molecule has 180 valence electrons. The Morgan fingerprint density at radius 2 is 1.97 bits per heavy atom. The lowest BCUT2D eigenvalue weighted by Gasteiger charge is -2.29. The van der Waals surface area contributed by atoms with E-state index in [1.165, 1.54) is 0 Å². The Balaban J connectivity index is 1.53. The van der Waals surface area contributed by atoms with Crippen LogP contribution >= 0.6 is 0 Å². The van der Waals surface area contributed by atoms with E-state index in [1.54, 1.807) is 12.4 Å². The van der Waals surface area contributed by atoms with Gasteiger partial charge in [0.2, 0.25) is 0 Å². The topological polar surface area (TPSA) is 117 Å². The number of aromatic amines is 1. The number of pyridine rings is 1. The molecule has 3 aromatic rings. The van der Waals surface area contributed by atoms with Gasteiger partial charge in [-0.05, 0) is 51.1 Å². The Labute approximate surface area is 199 Å². The third kappa shape index (κ3) is 6.44. The second-order valence-electron chi connectivity index (χ2n) is 9.01. The zero-order chi connectivity index (χ0) is 24.0. The number of carbonyl (C=O) groups is 1. The highest BCUT2D eigenvalue weighted by atomic mass is 16.6. The van der Waals surface area contributed by atoms with Crippen molar-refractivity contribution in [3.8, 4) is 11.4 Å². The summed E-state index contributed by atoms with van der Waals surface area (Å²) in [5, 5.41) is 13.7. The van der Waals surface area contributed by atoms with Gasteiger partial charge in [-0.25, -0.2) is 9.78 Å². The SMILES string of the molecule is CC(C)(C)OC(=O)NCC(Nc1cccc(N2CCOCC2)c1)c1nc(-c2ccncc2)n[nH]1. The maximum absolute atomic E-state index is 12.3. The molecule has 1 atom stereocenters. The number of carbonyl (C=O) groups excluding carboxylic acids is 1. The summed E-state index contributed by atoms with van der Waals surface area (Å²) < 4.78 is 10.9. The van der Waals surface area contributed by atoms with Crippen molar-refractivity contribution < 1.29 is 14.3 Å². The summed E-state index contributed by atoms with van der Waals surface area (Å²) in [6.45, 7) is 8.88. The van der Waals surface area contributed by atoms with Gasteiger partial charge in [0.25, 0.3) is 0 Å². The lowest BCUT2D eigenvalue weighted by atomic mass is 10.2. The fourth-order valence-electron chi connectivity index (χ4n) is 3.59. The van der Waals surface area contributed by atoms with Crippen LogP contribution in [0.4, 0.5) is 16.2 Å². The number of benzene rings is 1. The molecule has 4 rings (SSSR count). The predicted octanol–water partition coefficient (Wildman–Crippen LogP) is 3.38. The number of nitrogens with one attached hydrogen (secondary N) is 3. The second kappa shape index (κ2) is 10.5. The van der Waals surface area contributed by atoms with Gasteiger partial charge in [-0.1, -0.05) is 6.07 Å². The van der Waals surface area contributed by atoms with Crippen LogP contribution in [0.15, 0.2) is 48.8 Å². The molecule has 1 aliphatic rings. The number of rotatable bonds is 7. The van der Waals surface area contributed by atoms with E-state index < -0.39 is 11.7 Å². The molecule has 3 heterocycles. The number of anilines is 2. The van der Waals surface area contributed by atoms with Gasteiger partial charge in [-0.15, -0.1) is 0 Å². The molecule has 1 aromatic carbocycles. The van der Waals surface area contributed by atoms with Gasteiger partial charge in [0.15, 0.2) is 5.82 Å². The molecule has 1 saturated heterocycles. The summed E-state index contributed by atoms with van der Waals surface area (Å²) in [4.78, 5) is 23.3. The van der Waals surface area contributed by atoms with Crippen molar-refractivity contribution in [3.63, 3.8) is 0 Å². The van der Waals surface area contributed by atoms with Crippen molar-refractivity contribution in [2.24, 2.45) is 0 Å². The molecule has 1 fully saturated rings. The van der Waals surface area contributed by atoms with Crippen LogP contribution in [0.2, 0.25) is 0 Å². The van der Waals surface area contributed by atoms with Crippen LogP contribution < -0.4 is 15.5 Å². The molecule has 1 amide bonds. The van der Waals surface area contributed by atoms with Crippen molar-refractivity contribution in [2.75, 3.05) is 43.1 Å². The van der Waals surface area contributed by atoms with Crippen molar-refractivity contribution in [3.05, 3.63) is 54.6 Å². The number of H-pyrrole nitrogens is 1. The van der Waals surface area contributed by atoms with E-state index in [-0.39, 0.29) is 12.6 Å². The van der Waals surface area contributed by atoms with E-state index in [9.17, 15) is 4.79 Å². The van der Waals surface area contributed by atoms with E-state index in [1.807, 2.05) is 45.0 Å². The highest BCUT2D eigenvalue weighted by Gasteiger charge is 2.21. The first-order valence-electron chi connectivity index (χ1n) is 11.4. The van der Waals surface area contributed by atoms with Crippen molar-refractivity contribution in [1.29, 1.82) is 0 Å². The number of ether oxygens (including phenoxy) is 2.